The van der Waals surface area contributed by atoms with Crippen LogP contribution in [0.25, 0.3) is 0 Å². The van der Waals surface area contributed by atoms with Gasteiger partial charge in [0.1, 0.15) is 0 Å². The molecule has 0 fully saturated rings. The molecule has 0 unspecified atom stereocenters. The molecule has 0 saturated carbocycles. The Morgan fingerprint density at radius 2 is 2.17 bits per heavy atom. The molecule has 0 radical (unpaired) electrons. The van der Waals surface area contributed by atoms with Crippen molar-refractivity contribution in [2.24, 2.45) is 0 Å². The highest BCUT2D eigenvalue weighted by Gasteiger charge is 2.19. The van der Waals surface area contributed by atoms with Gasteiger partial charge in [0, 0.05) is 12.6 Å². The van der Waals surface area contributed by atoms with Crippen LogP contribution < -0.4 is 0 Å². The Hall–Kier alpha value is -1.05. The number of carbonyl (C=O) groups excluding carboxylic acids is 1. The fourth-order valence-corrected chi connectivity index (χ4v) is 2.04. The summed E-state index contributed by atoms with van der Waals surface area (Å²) in [5.74, 6) is 0.155. The average molecular weight is 163 g/mol. The summed E-state index contributed by atoms with van der Waals surface area (Å²) in [5, 5.41) is 0. The Balaban J connectivity index is 2.54. The summed E-state index contributed by atoms with van der Waals surface area (Å²) in [4.78, 5) is 14.4. The summed E-state index contributed by atoms with van der Waals surface area (Å²) in [7, 11) is 0. The van der Waals surface area contributed by atoms with Gasteiger partial charge in [0.15, 0.2) is 5.78 Å². The molecular formula is C10H13NO. The Morgan fingerprint density at radius 3 is 2.75 bits per heavy atom. The van der Waals surface area contributed by atoms with Crippen LogP contribution in [-0.2, 0) is 12.8 Å². The molecule has 2 nitrogen and oxygen atoms in total. The molecule has 0 aliphatic heterocycles. The second-order valence-corrected chi connectivity index (χ2v) is 3.49. The van der Waals surface area contributed by atoms with Gasteiger partial charge in [0.2, 0.25) is 0 Å². The molecule has 1 N–H and O–H groups in total. The lowest BCUT2D eigenvalue weighted by atomic mass is 10.1. The molecule has 2 heteroatoms. The molecular weight excluding hydrogens is 150 g/mol. The van der Waals surface area contributed by atoms with Crippen molar-refractivity contribution >= 4 is 5.78 Å². The van der Waals surface area contributed by atoms with E-state index in [2.05, 4.69) is 4.98 Å². The van der Waals surface area contributed by atoms with Crippen molar-refractivity contribution in [1.82, 2.24) is 4.98 Å². The first-order chi connectivity index (χ1) is 5.70. The summed E-state index contributed by atoms with van der Waals surface area (Å²) in [5.41, 5.74) is 4.67. The second kappa shape index (κ2) is 2.47. The first-order valence-electron chi connectivity index (χ1n) is 4.41. The number of Topliss-reactive ketones (excluding diaryl/α,β-unsaturated/α-hetero) is 1. The van der Waals surface area contributed by atoms with Crippen LogP contribution in [0.15, 0.2) is 0 Å². The molecule has 1 aliphatic rings. The lowest BCUT2D eigenvalue weighted by molar-refractivity contribution is 0.101. The van der Waals surface area contributed by atoms with E-state index in [1.165, 1.54) is 23.2 Å². The zero-order valence-corrected chi connectivity index (χ0v) is 7.53. The number of hydrogen-bond donors (Lipinski definition) is 1. The first kappa shape index (κ1) is 7.59. The van der Waals surface area contributed by atoms with E-state index in [0.717, 1.165) is 18.5 Å². The van der Waals surface area contributed by atoms with Crippen LogP contribution in [0.4, 0.5) is 0 Å². The zero-order chi connectivity index (χ0) is 8.72. The molecule has 2 rings (SSSR count). The summed E-state index contributed by atoms with van der Waals surface area (Å²) in [6.07, 6.45) is 3.49. The molecule has 1 aromatic heterocycles. The van der Waals surface area contributed by atoms with Crippen molar-refractivity contribution in [3.8, 4) is 0 Å². The monoisotopic (exact) mass is 163 g/mol. The van der Waals surface area contributed by atoms with Crippen LogP contribution in [0.2, 0.25) is 0 Å². The van der Waals surface area contributed by atoms with Gasteiger partial charge in [-0.15, -0.1) is 0 Å². The SMILES string of the molecule is CC(=O)c1[nH]c2c(c1C)CCC2. The highest BCUT2D eigenvalue weighted by atomic mass is 16.1. The van der Waals surface area contributed by atoms with Crippen LogP contribution in [0, 0.1) is 6.92 Å². The van der Waals surface area contributed by atoms with Crippen LogP contribution in [0.1, 0.15) is 40.7 Å². The molecule has 1 aliphatic carbocycles. The molecule has 0 saturated heterocycles. The number of aromatic nitrogens is 1. The minimum absolute atomic E-state index is 0.155. The molecule has 0 spiro atoms. The number of ketones is 1. The van der Waals surface area contributed by atoms with Gasteiger partial charge in [-0.25, -0.2) is 0 Å². The highest BCUT2D eigenvalue weighted by Crippen LogP contribution is 2.27. The number of fused-ring (bicyclic) bond motifs is 1. The van der Waals surface area contributed by atoms with E-state index in [9.17, 15) is 4.79 Å². The quantitative estimate of drug-likeness (QED) is 0.631. The van der Waals surface area contributed by atoms with Crippen LogP contribution >= 0.6 is 0 Å². The molecule has 0 aromatic carbocycles. The summed E-state index contributed by atoms with van der Waals surface area (Å²) < 4.78 is 0. The van der Waals surface area contributed by atoms with Gasteiger partial charge in [0.05, 0.1) is 5.69 Å². The van der Waals surface area contributed by atoms with Crippen LogP contribution in [0.3, 0.4) is 0 Å². The fourth-order valence-electron chi connectivity index (χ4n) is 2.04. The van der Waals surface area contributed by atoms with Crippen molar-refractivity contribution in [3.63, 3.8) is 0 Å². The van der Waals surface area contributed by atoms with E-state index in [1.807, 2.05) is 6.92 Å². The molecule has 12 heavy (non-hydrogen) atoms. The predicted octanol–water partition coefficient (Wildman–Crippen LogP) is 2.01. The van der Waals surface area contributed by atoms with E-state index in [0.29, 0.717) is 0 Å². The maximum atomic E-state index is 11.1. The van der Waals surface area contributed by atoms with Crippen molar-refractivity contribution in [2.75, 3.05) is 0 Å². The Kier molecular flexibility index (Phi) is 1.56. The normalized spacial score (nSPS) is 14.8. The zero-order valence-electron chi connectivity index (χ0n) is 7.53. The number of rotatable bonds is 1. The minimum Gasteiger partial charge on any atom is -0.356 e. The van der Waals surface area contributed by atoms with E-state index in [-0.39, 0.29) is 5.78 Å². The summed E-state index contributed by atoms with van der Waals surface area (Å²) in [6.45, 7) is 3.66. The molecule has 0 atom stereocenters. The average Bonchev–Trinajstić information content (AvgIpc) is 2.53. The third kappa shape index (κ3) is 0.909. The first-order valence-corrected chi connectivity index (χ1v) is 4.41. The van der Waals surface area contributed by atoms with Crippen molar-refractivity contribution in [1.29, 1.82) is 0 Å². The number of aryl methyl sites for hydroxylation is 1. The maximum Gasteiger partial charge on any atom is 0.176 e. The van der Waals surface area contributed by atoms with E-state index < -0.39 is 0 Å². The Bertz CT molecular complexity index is 336. The maximum absolute atomic E-state index is 11.1. The fraction of sp³-hybridized carbons (Fsp3) is 0.500. The van der Waals surface area contributed by atoms with Crippen LogP contribution in [0.5, 0.6) is 0 Å². The highest BCUT2D eigenvalue weighted by molar-refractivity contribution is 5.94. The summed E-state index contributed by atoms with van der Waals surface area (Å²) >= 11 is 0. The van der Waals surface area contributed by atoms with E-state index in [1.54, 1.807) is 6.92 Å². The number of nitrogens with one attached hydrogen (secondary N) is 1. The van der Waals surface area contributed by atoms with Gasteiger partial charge < -0.3 is 4.98 Å². The Morgan fingerprint density at radius 1 is 1.42 bits per heavy atom. The van der Waals surface area contributed by atoms with E-state index >= 15 is 0 Å². The third-order valence-corrected chi connectivity index (χ3v) is 2.67. The number of H-pyrrole nitrogens is 1. The van der Waals surface area contributed by atoms with Gasteiger partial charge >= 0.3 is 0 Å². The topological polar surface area (TPSA) is 32.9 Å². The molecule has 1 aromatic rings. The van der Waals surface area contributed by atoms with Crippen molar-refractivity contribution in [2.45, 2.75) is 33.1 Å². The lowest BCUT2D eigenvalue weighted by Crippen LogP contribution is -1.96. The smallest absolute Gasteiger partial charge is 0.176 e. The third-order valence-electron chi connectivity index (χ3n) is 2.67. The minimum atomic E-state index is 0.155. The molecule has 1 heterocycles. The number of aromatic amines is 1. The second-order valence-electron chi connectivity index (χ2n) is 3.49. The number of carbonyl (C=O) groups is 1. The Labute approximate surface area is 72.0 Å². The molecule has 64 valence electrons. The predicted molar refractivity (Wildman–Crippen MR) is 47.6 cm³/mol. The standard InChI is InChI=1S/C10H13NO/c1-6-8-4-3-5-9(8)11-10(6)7(2)12/h11H,3-5H2,1-2H3. The summed E-state index contributed by atoms with van der Waals surface area (Å²) in [6, 6.07) is 0. The van der Waals surface area contributed by atoms with Crippen molar-refractivity contribution < 1.29 is 4.79 Å². The van der Waals surface area contributed by atoms with Crippen LogP contribution in [-0.4, -0.2) is 10.8 Å². The molecule has 0 amide bonds. The molecule has 0 bridgehead atoms. The number of hydrogen-bond acceptors (Lipinski definition) is 1. The van der Waals surface area contributed by atoms with Gasteiger partial charge in [0.25, 0.3) is 0 Å². The van der Waals surface area contributed by atoms with Gasteiger partial charge in [-0.3, -0.25) is 4.79 Å². The lowest BCUT2D eigenvalue weighted by Gasteiger charge is -1.94. The largest absolute Gasteiger partial charge is 0.356 e. The van der Waals surface area contributed by atoms with Gasteiger partial charge in [-0.2, -0.15) is 0 Å². The van der Waals surface area contributed by atoms with E-state index in [4.69, 9.17) is 0 Å². The van der Waals surface area contributed by atoms with Gasteiger partial charge in [-0.05, 0) is 37.3 Å². The van der Waals surface area contributed by atoms with Gasteiger partial charge in [-0.1, -0.05) is 0 Å². The van der Waals surface area contributed by atoms with Crippen molar-refractivity contribution in [3.05, 3.63) is 22.5 Å².